The van der Waals surface area contributed by atoms with Crippen LogP contribution in [0.1, 0.15) is 31.1 Å². The topological polar surface area (TPSA) is 12.0 Å². The highest BCUT2D eigenvalue weighted by atomic mass is 35.5. The fraction of sp³-hybridized carbons (Fsp3) is 0.538. The molecule has 2 unspecified atom stereocenters. The van der Waals surface area contributed by atoms with Crippen LogP contribution >= 0.6 is 23.4 Å². The average Bonchev–Trinajstić information content (AvgIpc) is 2.29. The van der Waals surface area contributed by atoms with Crippen molar-refractivity contribution in [1.82, 2.24) is 5.32 Å². The molecule has 0 fully saturated rings. The molecular formula is C13H20ClNS. The maximum atomic E-state index is 6.01. The summed E-state index contributed by atoms with van der Waals surface area (Å²) in [4.78, 5) is 0. The van der Waals surface area contributed by atoms with Crippen molar-refractivity contribution in [3.05, 3.63) is 34.9 Å². The van der Waals surface area contributed by atoms with Crippen LogP contribution in [0.5, 0.6) is 0 Å². The van der Waals surface area contributed by atoms with E-state index < -0.39 is 0 Å². The monoisotopic (exact) mass is 257 g/mol. The summed E-state index contributed by atoms with van der Waals surface area (Å²) in [6.45, 7) is 5.41. The molecule has 0 aromatic heterocycles. The van der Waals surface area contributed by atoms with Gasteiger partial charge < -0.3 is 5.32 Å². The number of hydrogen-bond acceptors (Lipinski definition) is 2. The Balaban J connectivity index is 2.60. The van der Waals surface area contributed by atoms with Gasteiger partial charge in [0.1, 0.15) is 0 Å². The Morgan fingerprint density at radius 3 is 2.75 bits per heavy atom. The summed E-state index contributed by atoms with van der Waals surface area (Å²) in [5.41, 5.74) is 1.30. The van der Waals surface area contributed by atoms with Gasteiger partial charge in [-0.3, -0.25) is 0 Å². The standard InChI is InChI=1S/C13H20ClNS/c1-4-10(2)15-9-13(16-3)11-6-5-7-12(14)8-11/h5-8,10,13,15H,4,9H2,1-3H3. The minimum Gasteiger partial charge on any atom is -0.313 e. The van der Waals surface area contributed by atoms with Gasteiger partial charge in [0.15, 0.2) is 0 Å². The molecule has 0 aliphatic carbocycles. The second-order valence-corrected chi connectivity index (χ2v) is 5.47. The van der Waals surface area contributed by atoms with Crippen LogP contribution in [0.25, 0.3) is 0 Å². The molecule has 0 heterocycles. The van der Waals surface area contributed by atoms with Crippen molar-refractivity contribution in [3.63, 3.8) is 0 Å². The highest BCUT2D eigenvalue weighted by molar-refractivity contribution is 7.98. The Kier molecular flexibility index (Phi) is 6.25. The molecule has 90 valence electrons. The molecule has 0 aliphatic rings. The summed E-state index contributed by atoms with van der Waals surface area (Å²) < 4.78 is 0. The van der Waals surface area contributed by atoms with E-state index in [1.54, 1.807) is 0 Å². The Morgan fingerprint density at radius 1 is 1.44 bits per heavy atom. The van der Waals surface area contributed by atoms with Crippen LogP contribution < -0.4 is 5.32 Å². The van der Waals surface area contributed by atoms with Crippen LogP contribution in [-0.2, 0) is 0 Å². The Bertz CT molecular complexity index is 317. The van der Waals surface area contributed by atoms with Gasteiger partial charge in [-0.2, -0.15) is 11.8 Å². The van der Waals surface area contributed by atoms with Gasteiger partial charge >= 0.3 is 0 Å². The average molecular weight is 258 g/mol. The maximum Gasteiger partial charge on any atom is 0.0419 e. The minimum absolute atomic E-state index is 0.479. The molecule has 1 N–H and O–H groups in total. The normalized spacial score (nSPS) is 14.8. The van der Waals surface area contributed by atoms with Gasteiger partial charge in [0.05, 0.1) is 0 Å². The molecular weight excluding hydrogens is 238 g/mol. The molecule has 0 radical (unpaired) electrons. The molecule has 1 nitrogen and oxygen atoms in total. The second-order valence-electron chi connectivity index (χ2n) is 4.00. The highest BCUT2D eigenvalue weighted by Gasteiger charge is 2.11. The van der Waals surface area contributed by atoms with Crippen molar-refractivity contribution in [2.24, 2.45) is 0 Å². The Morgan fingerprint density at radius 2 is 2.19 bits per heavy atom. The van der Waals surface area contributed by atoms with Crippen LogP contribution in [0.15, 0.2) is 24.3 Å². The van der Waals surface area contributed by atoms with Crippen LogP contribution in [-0.4, -0.2) is 18.8 Å². The first-order valence-electron chi connectivity index (χ1n) is 5.69. The zero-order valence-electron chi connectivity index (χ0n) is 10.2. The second kappa shape index (κ2) is 7.21. The van der Waals surface area contributed by atoms with Crippen LogP contribution in [0.2, 0.25) is 5.02 Å². The maximum absolute atomic E-state index is 6.01. The van der Waals surface area contributed by atoms with Gasteiger partial charge in [-0.1, -0.05) is 30.7 Å². The van der Waals surface area contributed by atoms with Crippen LogP contribution in [0.3, 0.4) is 0 Å². The third-order valence-corrected chi connectivity index (χ3v) is 4.01. The first-order valence-corrected chi connectivity index (χ1v) is 7.35. The SMILES string of the molecule is CCC(C)NCC(SC)c1cccc(Cl)c1. The van der Waals surface area contributed by atoms with E-state index >= 15 is 0 Å². The summed E-state index contributed by atoms with van der Waals surface area (Å²) in [5.74, 6) is 0. The van der Waals surface area contributed by atoms with E-state index in [2.05, 4.69) is 37.6 Å². The molecule has 0 amide bonds. The van der Waals surface area contributed by atoms with Crippen molar-refractivity contribution < 1.29 is 0 Å². The lowest BCUT2D eigenvalue weighted by Crippen LogP contribution is -2.28. The molecule has 0 bridgehead atoms. The van der Waals surface area contributed by atoms with Crippen molar-refractivity contribution >= 4 is 23.4 Å². The smallest absolute Gasteiger partial charge is 0.0419 e. The van der Waals surface area contributed by atoms with Crippen molar-refractivity contribution in [3.8, 4) is 0 Å². The molecule has 1 aromatic rings. The number of halogens is 1. The largest absolute Gasteiger partial charge is 0.313 e. The van der Waals surface area contributed by atoms with Gasteiger partial charge in [-0.25, -0.2) is 0 Å². The summed E-state index contributed by atoms with van der Waals surface area (Å²) in [7, 11) is 0. The van der Waals surface area contributed by atoms with Gasteiger partial charge in [-0.15, -0.1) is 0 Å². The lowest BCUT2D eigenvalue weighted by molar-refractivity contribution is 0.534. The number of thioether (sulfide) groups is 1. The van der Waals surface area contributed by atoms with E-state index in [-0.39, 0.29) is 0 Å². The third-order valence-electron chi connectivity index (χ3n) is 2.77. The first kappa shape index (κ1) is 13.9. The molecule has 0 saturated carbocycles. The molecule has 0 spiro atoms. The van der Waals surface area contributed by atoms with Gasteiger partial charge in [0.2, 0.25) is 0 Å². The molecule has 3 heteroatoms. The van der Waals surface area contributed by atoms with Gasteiger partial charge in [-0.05, 0) is 37.3 Å². The van der Waals surface area contributed by atoms with E-state index in [1.807, 2.05) is 23.9 Å². The fourth-order valence-electron chi connectivity index (χ4n) is 1.50. The minimum atomic E-state index is 0.479. The molecule has 0 aliphatic heterocycles. The molecule has 0 saturated heterocycles. The Labute approximate surface area is 108 Å². The highest BCUT2D eigenvalue weighted by Crippen LogP contribution is 2.27. The Hall–Kier alpha value is -0.180. The van der Waals surface area contributed by atoms with E-state index in [4.69, 9.17) is 11.6 Å². The number of nitrogens with one attached hydrogen (secondary N) is 1. The number of benzene rings is 1. The molecule has 2 atom stereocenters. The number of rotatable bonds is 6. The van der Waals surface area contributed by atoms with Crippen molar-refractivity contribution in [2.75, 3.05) is 12.8 Å². The van der Waals surface area contributed by atoms with E-state index in [0.29, 0.717) is 11.3 Å². The lowest BCUT2D eigenvalue weighted by atomic mass is 10.1. The van der Waals surface area contributed by atoms with E-state index in [0.717, 1.165) is 18.0 Å². The zero-order valence-corrected chi connectivity index (χ0v) is 11.7. The summed E-state index contributed by atoms with van der Waals surface area (Å²) in [6, 6.07) is 8.72. The zero-order chi connectivity index (χ0) is 12.0. The quantitative estimate of drug-likeness (QED) is 0.822. The van der Waals surface area contributed by atoms with Crippen molar-refractivity contribution in [1.29, 1.82) is 0 Å². The molecule has 1 aromatic carbocycles. The van der Waals surface area contributed by atoms with Crippen LogP contribution in [0, 0.1) is 0 Å². The summed E-state index contributed by atoms with van der Waals surface area (Å²) in [6.07, 6.45) is 3.31. The fourth-order valence-corrected chi connectivity index (χ4v) is 2.38. The van der Waals surface area contributed by atoms with Gasteiger partial charge in [0, 0.05) is 22.9 Å². The lowest BCUT2D eigenvalue weighted by Gasteiger charge is -2.19. The van der Waals surface area contributed by atoms with E-state index in [9.17, 15) is 0 Å². The molecule has 1 rings (SSSR count). The predicted molar refractivity (Wildman–Crippen MR) is 75.5 cm³/mol. The van der Waals surface area contributed by atoms with Crippen molar-refractivity contribution in [2.45, 2.75) is 31.6 Å². The summed E-state index contributed by atoms with van der Waals surface area (Å²) in [5, 5.41) is 4.84. The first-order chi connectivity index (χ1) is 7.67. The third kappa shape index (κ3) is 4.36. The van der Waals surface area contributed by atoms with E-state index in [1.165, 1.54) is 5.56 Å². The molecule has 16 heavy (non-hydrogen) atoms. The summed E-state index contributed by atoms with van der Waals surface area (Å²) >= 11 is 7.87. The number of hydrogen-bond donors (Lipinski definition) is 1. The van der Waals surface area contributed by atoms with Gasteiger partial charge in [0.25, 0.3) is 0 Å². The predicted octanol–water partition coefficient (Wildman–Crippen LogP) is 4.13. The van der Waals surface area contributed by atoms with Crippen LogP contribution in [0.4, 0.5) is 0 Å².